The van der Waals surface area contributed by atoms with Gasteiger partial charge in [0.1, 0.15) is 6.10 Å². The van der Waals surface area contributed by atoms with Crippen molar-refractivity contribution in [2.24, 2.45) is 5.84 Å². The highest BCUT2D eigenvalue weighted by Crippen LogP contribution is 2.26. The first kappa shape index (κ1) is 12.0. The number of nitrogens with two attached hydrogens (primary N) is 1. The van der Waals surface area contributed by atoms with Crippen LogP contribution in [-0.2, 0) is 0 Å². The first-order chi connectivity index (χ1) is 8.20. The fourth-order valence-corrected chi connectivity index (χ4v) is 1.97. The fraction of sp³-hybridized carbons (Fsp3) is 0.545. The maximum absolute atomic E-state index is 13.4. The molecular formula is C11H15F2N3O. The molecule has 1 aromatic rings. The molecule has 1 fully saturated rings. The highest BCUT2D eigenvalue weighted by Gasteiger charge is 2.19. The number of ether oxygens (including phenoxy) is 1. The van der Waals surface area contributed by atoms with Crippen LogP contribution in [0.1, 0.15) is 32.1 Å². The summed E-state index contributed by atoms with van der Waals surface area (Å²) >= 11 is 0. The van der Waals surface area contributed by atoms with Gasteiger partial charge in [0.25, 0.3) is 5.88 Å². The minimum Gasteiger partial charge on any atom is -0.472 e. The molecule has 4 nitrogen and oxygen atoms in total. The Morgan fingerprint density at radius 1 is 1.24 bits per heavy atom. The molecular weight excluding hydrogens is 228 g/mol. The molecule has 1 heterocycles. The Kier molecular flexibility index (Phi) is 3.73. The zero-order chi connectivity index (χ0) is 12.3. The lowest BCUT2D eigenvalue weighted by Gasteiger charge is -2.22. The van der Waals surface area contributed by atoms with Crippen molar-refractivity contribution >= 4 is 5.82 Å². The molecule has 1 aliphatic carbocycles. The number of hydrogen-bond acceptors (Lipinski definition) is 4. The lowest BCUT2D eigenvalue weighted by molar-refractivity contribution is 0.142. The topological polar surface area (TPSA) is 60.2 Å². The molecule has 0 bridgehead atoms. The van der Waals surface area contributed by atoms with Crippen LogP contribution >= 0.6 is 0 Å². The Morgan fingerprint density at radius 3 is 2.59 bits per heavy atom. The van der Waals surface area contributed by atoms with Crippen molar-refractivity contribution in [3.8, 4) is 5.88 Å². The molecule has 0 radical (unpaired) electrons. The van der Waals surface area contributed by atoms with Gasteiger partial charge in [-0.2, -0.15) is 4.98 Å². The van der Waals surface area contributed by atoms with Crippen LogP contribution in [0.4, 0.5) is 14.6 Å². The third-order valence-corrected chi connectivity index (χ3v) is 2.86. The molecule has 1 aromatic heterocycles. The van der Waals surface area contributed by atoms with Gasteiger partial charge in [0, 0.05) is 6.07 Å². The highest BCUT2D eigenvalue weighted by molar-refractivity contribution is 5.38. The van der Waals surface area contributed by atoms with E-state index < -0.39 is 11.6 Å². The molecule has 0 spiro atoms. The number of pyridine rings is 1. The third-order valence-electron chi connectivity index (χ3n) is 2.86. The molecule has 3 N–H and O–H groups in total. The Morgan fingerprint density at radius 2 is 1.94 bits per heavy atom. The van der Waals surface area contributed by atoms with Gasteiger partial charge >= 0.3 is 0 Å². The van der Waals surface area contributed by atoms with Crippen molar-refractivity contribution in [2.45, 2.75) is 38.2 Å². The predicted molar refractivity (Wildman–Crippen MR) is 59.5 cm³/mol. The van der Waals surface area contributed by atoms with Crippen molar-refractivity contribution in [1.82, 2.24) is 4.98 Å². The van der Waals surface area contributed by atoms with Crippen LogP contribution in [0, 0.1) is 11.6 Å². The molecule has 0 unspecified atom stereocenters. The van der Waals surface area contributed by atoms with E-state index in [-0.39, 0.29) is 17.8 Å². The first-order valence-electron chi connectivity index (χ1n) is 5.70. The van der Waals surface area contributed by atoms with Gasteiger partial charge in [-0.25, -0.2) is 14.6 Å². The second-order valence-corrected chi connectivity index (χ2v) is 4.13. The smallest absolute Gasteiger partial charge is 0.252 e. The van der Waals surface area contributed by atoms with Crippen LogP contribution < -0.4 is 16.0 Å². The van der Waals surface area contributed by atoms with Crippen molar-refractivity contribution in [3.63, 3.8) is 0 Å². The largest absolute Gasteiger partial charge is 0.472 e. The molecule has 0 atom stereocenters. The minimum atomic E-state index is -0.832. The van der Waals surface area contributed by atoms with Crippen molar-refractivity contribution in [1.29, 1.82) is 0 Å². The third kappa shape index (κ3) is 2.82. The number of nitrogens with zero attached hydrogens (tertiary/aromatic N) is 1. The van der Waals surface area contributed by atoms with Crippen molar-refractivity contribution < 1.29 is 13.5 Å². The molecule has 0 saturated heterocycles. The number of hydrogen-bond donors (Lipinski definition) is 2. The normalized spacial score (nSPS) is 16.9. The van der Waals surface area contributed by atoms with Crippen molar-refractivity contribution in [2.75, 3.05) is 5.43 Å². The van der Waals surface area contributed by atoms with Gasteiger partial charge in [0.05, 0.1) is 0 Å². The van der Waals surface area contributed by atoms with E-state index in [2.05, 4.69) is 10.4 Å². The molecule has 0 amide bonds. The van der Waals surface area contributed by atoms with Gasteiger partial charge in [-0.3, -0.25) is 0 Å². The van der Waals surface area contributed by atoms with E-state index in [1.807, 2.05) is 0 Å². The summed E-state index contributed by atoms with van der Waals surface area (Å²) in [7, 11) is 0. The number of nitrogen functional groups attached to an aromatic ring is 1. The number of halogens is 2. The van der Waals surface area contributed by atoms with Crippen LogP contribution in [0.2, 0.25) is 0 Å². The fourth-order valence-electron chi connectivity index (χ4n) is 1.97. The second kappa shape index (κ2) is 5.27. The number of anilines is 1. The average Bonchev–Trinajstić information content (AvgIpc) is 2.34. The van der Waals surface area contributed by atoms with Gasteiger partial charge in [-0.05, 0) is 25.7 Å². The SMILES string of the molecule is NNc1nc(OC2CCCCC2)c(F)cc1F. The van der Waals surface area contributed by atoms with Crippen LogP contribution in [-0.4, -0.2) is 11.1 Å². The monoisotopic (exact) mass is 243 g/mol. The molecule has 94 valence electrons. The molecule has 0 aliphatic heterocycles. The summed E-state index contributed by atoms with van der Waals surface area (Å²) in [6.07, 6.45) is 5.02. The van der Waals surface area contributed by atoms with Gasteiger partial charge in [-0.1, -0.05) is 6.42 Å². The Bertz CT molecular complexity index is 395. The van der Waals surface area contributed by atoms with Crippen LogP contribution in [0.5, 0.6) is 5.88 Å². The lowest BCUT2D eigenvalue weighted by atomic mass is 9.98. The van der Waals surface area contributed by atoms with E-state index in [9.17, 15) is 8.78 Å². The summed E-state index contributed by atoms with van der Waals surface area (Å²) in [5.74, 6) is 3.04. The van der Waals surface area contributed by atoms with E-state index in [1.165, 1.54) is 6.42 Å². The Hall–Kier alpha value is -1.43. The molecule has 0 aromatic carbocycles. The average molecular weight is 243 g/mol. The number of aromatic nitrogens is 1. The van der Waals surface area contributed by atoms with E-state index in [1.54, 1.807) is 0 Å². The summed E-state index contributed by atoms with van der Waals surface area (Å²) in [4.78, 5) is 3.68. The van der Waals surface area contributed by atoms with Gasteiger partial charge in [0.2, 0.25) is 0 Å². The Labute approximate surface area is 98.1 Å². The quantitative estimate of drug-likeness (QED) is 0.632. The Balaban J connectivity index is 2.13. The molecule has 1 saturated carbocycles. The number of hydrazine groups is 1. The summed E-state index contributed by atoms with van der Waals surface area (Å²) in [5, 5.41) is 0. The van der Waals surface area contributed by atoms with E-state index in [0.29, 0.717) is 0 Å². The summed E-state index contributed by atoms with van der Waals surface area (Å²) < 4.78 is 32.0. The number of nitrogens with one attached hydrogen (secondary N) is 1. The zero-order valence-corrected chi connectivity index (χ0v) is 9.38. The highest BCUT2D eigenvalue weighted by atomic mass is 19.1. The summed E-state index contributed by atoms with van der Waals surface area (Å²) in [5.41, 5.74) is 2.07. The summed E-state index contributed by atoms with van der Waals surface area (Å²) in [6.45, 7) is 0. The van der Waals surface area contributed by atoms with E-state index >= 15 is 0 Å². The standard InChI is InChI=1S/C11H15F2N3O/c12-8-6-9(13)11(15-10(8)16-14)17-7-4-2-1-3-5-7/h6-7H,1-5,14H2,(H,15,16). The lowest BCUT2D eigenvalue weighted by Crippen LogP contribution is -2.21. The van der Waals surface area contributed by atoms with Crippen LogP contribution in [0.25, 0.3) is 0 Å². The molecule has 2 rings (SSSR count). The molecule has 1 aliphatic rings. The minimum absolute atomic E-state index is 0.0400. The second-order valence-electron chi connectivity index (χ2n) is 4.13. The van der Waals surface area contributed by atoms with Gasteiger partial charge in [0.15, 0.2) is 17.5 Å². The van der Waals surface area contributed by atoms with Gasteiger partial charge < -0.3 is 10.2 Å². The van der Waals surface area contributed by atoms with E-state index in [0.717, 1.165) is 31.7 Å². The van der Waals surface area contributed by atoms with Crippen LogP contribution in [0.15, 0.2) is 6.07 Å². The maximum Gasteiger partial charge on any atom is 0.252 e. The molecule has 6 heteroatoms. The summed E-state index contributed by atoms with van der Waals surface area (Å²) in [6, 6.07) is 0.723. The number of rotatable bonds is 3. The van der Waals surface area contributed by atoms with Gasteiger partial charge in [-0.15, -0.1) is 0 Å². The molecule has 17 heavy (non-hydrogen) atoms. The van der Waals surface area contributed by atoms with E-state index in [4.69, 9.17) is 10.6 Å². The zero-order valence-electron chi connectivity index (χ0n) is 9.38. The van der Waals surface area contributed by atoms with Crippen molar-refractivity contribution in [3.05, 3.63) is 17.7 Å². The maximum atomic E-state index is 13.4. The van der Waals surface area contributed by atoms with Crippen LogP contribution in [0.3, 0.4) is 0 Å². The first-order valence-corrected chi connectivity index (χ1v) is 5.70. The predicted octanol–water partition coefficient (Wildman–Crippen LogP) is 2.36.